The van der Waals surface area contributed by atoms with Crippen molar-refractivity contribution in [1.82, 2.24) is 15.2 Å². The van der Waals surface area contributed by atoms with E-state index < -0.39 is 0 Å². The fourth-order valence-corrected chi connectivity index (χ4v) is 3.47. The second-order valence-electron chi connectivity index (χ2n) is 7.52. The van der Waals surface area contributed by atoms with Gasteiger partial charge in [-0.25, -0.2) is 9.98 Å². The quantitative estimate of drug-likeness (QED) is 0.330. The average molecular weight is 539 g/mol. The predicted octanol–water partition coefficient (Wildman–Crippen LogP) is 3.53. The molecule has 1 saturated heterocycles. The van der Waals surface area contributed by atoms with Crippen LogP contribution in [0.25, 0.3) is 0 Å². The van der Waals surface area contributed by atoms with Gasteiger partial charge in [0.15, 0.2) is 5.96 Å². The van der Waals surface area contributed by atoms with E-state index in [1.165, 1.54) is 5.56 Å². The van der Waals surface area contributed by atoms with Crippen LogP contribution in [0, 0.1) is 0 Å². The van der Waals surface area contributed by atoms with Gasteiger partial charge in [0.05, 0.1) is 26.4 Å². The molecule has 1 aromatic carbocycles. The maximum atomic E-state index is 5.64. The molecule has 2 aromatic rings. The van der Waals surface area contributed by atoms with E-state index in [0.717, 1.165) is 55.9 Å². The zero-order valence-corrected chi connectivity index (χ0v) is 21.2. The summed E-state index contributed by atoms with van der Waals surface area (Å²) in [6, 6.07) is 12.3. The fraction of sp³-hybridized carbons (Fsp3) is 0.478. The molecule has 1 unspecified atom stereocenters. The van der Waals surface area contributed by atoms with Crippen LogP contribution in [0.3, 0.4) is 0 Å². The van der Waals surface area contributed by atoms with Gasteiger partial charge in [-0.05, 0) is 49.2 Å². The Kier molecular flexibility index (Phi) is 10.3. The Morgan fingerprint density at radius 3 is 2.74 bits per heavy atom. The van der Waals surface area contributed by atoms with Gasteiger partial charge in [-0.2, -0.15) is 0 Å². The smallest absolute Gasteiger partial charge is 0.194 e. The average Bonchev–Trinajstić information content (AvgIpc) is 2.77. The number of rotatable bonds is 7. The first-order valence-corrected chi connectivity index (χ1v) is 10.5. The number of methoxy groups -OCH3 is 1. The SMILES string of the molecule is CCNC(=NCc1ccnc(N2CCOC(C)C2)c1)N(C)Cc1ccc(OC)cc1.I. The van der Waals surface area contributed by atoms with Gasteiger partial charge >= 0.3 is 0 Å². The number of anilines is 1. The highest BCUT2D eigenvalue weighted by Crippen LogP contribution is 2.17. The van der Waals surface area contributed by atoms with Crippen molar-refractivity contribution in [3.05, 3.63) is 53.7 Å². The Bertz CT molecular complexity index is 831. The maximum Gasteiger partial charge on any atom is 0.194 e. The normalized spacial score (nSPS) is 16.5. The highest BCUT2D eigenvalue weighted by atomic mass is 127. The number of hydrogen-bond donors (Lipinski definition) is 1. The van der Waals surface area contributed by atoms with Crippen LogP contribution in [0.4, 0.5) is 5.82 Å². The van der Waals surface area contributed by atoms with Crippen molar-refractivity contribution in [3.63, 3.8) is 0 Å². The Labute approximate surface area is 202 Å². The lowest BCUT2D eigenvalue weighted by molar-refractivity contribution is 0.0529. The molecule has 1 aliphatic heterocycles. The number of halogens is 1. The summed E-state index contributed by atoms with van der Waals surface area (Å²) in [5.41, 5.74) is 2.35. The molecular formula is C23H34IN5O2. The van der Waals surface area contributed by atoms with Gasteiger partial charge < -0.3 is 24.6 Å². The maximum absolute atomic E-state index is 5.64. The molecule has 1 aliphatic rings. The summed E-state index contributed by atoms with van der Waals surface area (Å²) in [6.07, 6.45) is 2.10. The Morgan fingerprint density at radius 2 is 2.06 bits per heavy atom. The van der Waals surface area contributed by atoms with E-state index in [1.54, 1.807) is 7.11 Å². The molecule has 1 aromatic heterocycles. The first-order valence-electron chi connectivity index (χ1n) is 10.5. The summed E-state index contributed by atoms with van der Waals surface area (Å²) in [7, 11) is 3.74. The monoisotopic (exact) mass is 539 g/mol. The van der Waals surface area contributed by atoms with Crippen LogP contribution >= 0.6 is 24.0 Å². The number of ether oxygens (including phenoxy) is 2. The number of guanidine groups is 1. The summed E-state index contributed by atoms with van der Waals surface area (Å²) in [5.74, 6) is 2.74. The Hall–Kier alpha value is -2.07. The molecular weight excluding hydrogens is 505 g/mol. The molecule has 0 amide bonds. The minimum Gasteiger partial charge on any atom is -0.497 e. The van der Waals surface area contributed by atoms with Crippen molar-refractivity contribution in [1.29, 1.82) is 0 Å². The van der Waals surface area contributed by atoms with Crippen molar-refractivity contribution in [2.45, 2.75) is 33.0 Å². The van der Waals surface area contributed by atoms with Crippen LogP contribution in [0.5, 0.6) is 5.75 Å². The van der Waals surface area contributed by atoms with Crippen molar-refractivity contribution < 1.29 is 9.47 Å². The fourth-order valence-electron chi connectivity index (χ4n) is 3.47. The van der Waals surface area contributed by atoms with Gasteiger partial charge in [0, 0.05) is 39.4 Å². The van der Waals surface area contributed by atoms with E-state index in [1.807, 2.05) is 24.4 Å². The third-order valence-corrected chi connectivity index (χ3v) is 5.06. The largest absolute Gasteiger partial charge is 0.497 e. The van der Waals surface area contributed by atoms with Crippen LogP contribution in [-0.2, 0) is 17.8 Å². The van der Waals surface area contributed by atoms with E-state index in [-0.39, 0.29) is 30.1 Å². The van der Waals surface area contributed by atoms with E-state index in [9.17, 15) is 0 Å². The van der Waals surface area contributed by atoms with Gasteiger partial charge in [-0.15, -0.1) is 24.0 Å². The Balaban J connectivity index is 0.00000341. The molecule has 2 heterocycles. The lowest BCUT2D eigenvalue weighted by atomic mass is 10.2. The lowest BCUT2D eigenvalue weighted by Crippen LogP contribution is -2.41. The molecule has 0 bridgehead atoms. The van der Waals surface area contributed by atoms with Crippen molar-refractivity contribution in [2.75, 3.05) is 45.3 Å². The number of aromatic nitrogens is 1. The molecule has 0 saturated carbocycles. The minimum absolute atomic E-state index is 0. The zero-order chi connectivity index (χ0) is 21.3. The number of nitrogens with one attached hydrogen (secondary N) is 1. The number of morpholine rings is 1. The molecule has 170 valence electrons. The third kappa shape index (κ3) is 7.53. The number of aliphatic imine (C=N–C) groups is 1. The molecule has 8 heteroatoms. The molecule has 1 N–H and O–H groups in total. The summed E-state index contributed by atoms with van der Waals surface area (Å²) < 4.78 is 10.9. The summed E-state index contributed by atoms with van der Waals surface area (Å²) in [4.78, 5) is 13.8. The van der Waals surface area contributed by atoms with Crippen LogP contribution < -0.4 is 15.0 Å². The summed E-state index contributed by atoms with van der Waals surface area (Å²) in [6.45, 7) is 8.85. The first kappa shape index (κ1) is 25.2. The molecule has 1 fully saturated rings. The van der Waals surface area contributed by atoms with Gasteiger partial charge in [-0.1, -0.05) is 12.1 Å². The van der Waals surface area contributed by atoms with E-state index in [0.29, 0.717) is 6.54 Å². The summed E-state index contributed by atoms with van der Waals surface area (Å²) in [5, 5.41) is 3.39. The van der Waals surface area contributed by atoms with Crippen LogP contribution in [0.1, 0.15) is 25.0 Å². The van der Waals surface area contributed by atoms with Crippen molar-refractivity contribution in [2.24, 2.45) is 4.99 Å². The van der Waals surface area contributed by atoms with Crippen molar-refractivity contribution in [3.8, 4) is 5.75 Å². The van der Waals surface area contributed by atoms with Crippen LogP contribution in [-0.4, -0.2) is 62.3 Å². The highest BCUT2D eigenvalue weighted by Gasteiger charge is 2.18. The Morgan fingerprint density at radius 1 is 1.29 bits per heavy atom. The van der Waals surface area contributed by atoms with Gasteiger partial charge in [-0.3, -0.25) is 0 Å². The van der Waals surface area contributed by atoms with Crippen LogP contribution in [0.15, 0.2) is 47.6 Å². The predicted molar refractivity (Wildman–Crippen MR) is 137 cm³/mol. The number of benzene rings is 1. The zero-order valence-electron chi connectivity index (χ0n) is 18.9. The van der Waals surface area contributed by atoms with Crippen molar-refractivity contribution >= 4 is 35.8 Å². The minimum atomic E-state index is 0. The molecule has 31 heavy (non-hydrogen) atoms. The molecule has 0 aliphatic carbocycles. The second kappa shape index (κ2) is 12.7. The van der Waals surface area contributed by atoms with Gasteiger partial charge in [0.25, 0.3) is 0 Å². The molecule has 0 spiro atoms. The standard InChI is InChI=1S/C23H33N5O2.HI/c1-5-24-23(27(3)17-19-6-8-21(29-4)9-7-19)26-15-20-10-11-25-22(14-20)28-12-13-30-18(2)16-28;/h6-11,14,18H,5,12-13,15-17H2,1-4H3,(H,24,26);1H. The molecule has 1 atom stereocenters. The van der Waals surface area contributed by atoms with Gasteiger partial charge in [0.2, 0.25) is 0 Å². The molecule has 0 radical (unpaired) electrons. The van der Waals surface area contributed by atoms with E-state index in [4.69, 9.17) is 14.5 Å². The number of pyridine rings is 1. The van der Waals surface area contributed by atoms with E-state index in [2.05, 4.69) is 59.2 Å². The van der Waals surface area contributed by atoms with E-state index >= 15 is 0 Å². The topological polar surface area (TPSA) is 62.2 Å². The first-order chi connectivity index (χ1) is 14.6. The highest BCUT2D eigenvalue weighted by molar-refractivity contribution is 14.0. The second-order valence-corrected chi connectivity index (χ2v) is 7.52. The number of nitrogens with zero attached hydrogens (tertiary/aromatic N) is 4. The summed E-state index contributed by atoms with van der Waals surface area (Å²) >= 11 is 0. The lowest BCUT2D eigenvalue weighted by Gasteiger charge is -2.32. The van der Waals surface area contributed by atoms with Crippen LogP contribution in [0.2, 0.25) is 0 Å². The third-order valence-electron chi connectivity index (χ3n) is 5.06. The number of hydrogen-bond acceptors (Lipinski definition) is 5. The molecule has 3 rings (SSSR count). The molecule has 7 nitrogen and oxygen atoms in total. The van der Waals surface area contributed by atoms with Gasteiger partial charge in [0.1, 0.15) is 11.6 Å².